The SMILES string of the molecule is [N-]=[N+]=C1C=C(Cl)C(S(Cl)(Cl)S(Cl)(Cl)C2=CCC(=[N+]=[N-])C=C2Cl)=CC1. The monoisotopic (exact) mass is 482 g/mol. The van der Waals surface area contributed by atoms with Crippen LogP contribution in [0, 0.1) is 0 Å². The summed E-state index contributed by atoms with van der Waals surface area (Å²) in [5.74, 6) is 0. The highest BCUT2D eigenvalue weighted by Crippen LogP contribution is 2.99. The molecule has 0 unspecified atom stereocenters. The Balaban J connectivity index is 2.46. The van der Waals surface area contributed by atoms with Crippen LogP contribution < -0.4 is 0 Å². The van der Waals surface area contributed by atoms with Gasteiger partial charge < -0.3 is 11.1 Å². The maximum atomic E-state index is 8.83. The van der Waals surface area contributed by atoms with Crippen LogP contribution in [-0.2, 0) is 0 Å². The highest BCUT2D eigenvalue weighted by Gasteiger charge is 2.47. The quantitative estimate of drug-likeness (QED) is 0.229. The van der Waals surface area contributed by atoms with E-state index >= 15 is 0 Å². The van der Waals surface area contributed by atoms with Gasteiger partial charge in [-0.25, -0.2) is 0 Å². The fourth-order valence-corrected chi connectivity index (χ4v) is 11.9. The van der Waals surface area contributed by atoms with Gasteiger partial charge in [0, 0.05) is 36.9 Å². The fourth-order valence-electron chi connectivity index (χ4n) is 1.93. The third-order valence-electron chi connectivity index (χ3n) is 3.08. The van der Waals surface area contributed by atoms with Crippen molar-refractivity contribution in [2.24, 2.45) is 0 Å². The van der Waals surface area contributed by atoms with Crippen molar-refractivity contribution in [3.63, 3.8) is 0 Å². The van der Waals surface area contributed by atoms with Crippen LogP contribution in [0.25, 0.3) is 11.1 Å². The van der Waals surface area contributed by atoms with E-state index in [4.69, 9.17) is 77.0 Å². The molecule has 0 aliphatic heterocycles. The maximum absolute atomic E-state index is 8.83. The molecule has 2 rings (SSSR count). The predicted molar refractivity (Wildman–Crippen MR) is 109 cm³/mol. The minimum absolute atomic E-state index is 0.196. The van der Waals surface area contributed by atoms with Crippen molar-refractivity contribution < 1.29 is 9.58 Å². The first kappa shape index (κ1) is 20.5. The molecule has 2 aliphatic rings. The van der Waals surface area contributed by atoms with Crippen molar-refractivity contribution in [1.29, 1.82) is 0 Å². The molecule has 0 atom stereocenters. The summed E-state index contributed by atoms with van der Waals surface area (Å²) in [5.41, 5.74) is 18.4. The smallest absolute Gasteiger partial charge is 0.297 e. The molecule has 0 N–H and O–H groups in total. The van der Waals surface area contributed by atoms with Crippen LogP contribution in [0.5, 0.6) is 0 Å². The van der Waals surface area contributed by atoms with Crippen LogP contribution in [-0.4, -0.2) is 21.0 Å². The highest BCUT2D eigenvalue weighted by atomic mass is 36.1. The first-order chi connectivity index (χ1) is 11.1. The van der Waals surface area contributed by atoms with E-state index in [1.54, 1.807) is 12.2 Å². The zero-order valence-corrected chi connectivity index (χ0v) is 17.8. The molecule has 0 bridgehead atoms. The average molecular weight is 485 g/mol. The van der Waals surface area contributed by atoms with Gasteiger partial charge in [0.25, 0.3) is 11.4 Å². The Morgan fingerprint density at radius 3 is 1.33 bits per heavy atom. The molecule has 130 valence electrons. The van der Waals surface area contributed by atoms with Crippen molar-refractivity contribution >= 4 is 92.3 Å². The number of allylic oxidation sites excluding steroid dienone is 6. The summed E-state index contributed by atoms with van der Waals surface area (Å²) in [5, 5.41) is 0.391. The molecular weight excluding hydrogens is 477 g/mol. The van der Waals surface area contributed by atoms with Gasteiger partial charge in [0.1, 0.15) is 0 Å². The number of rotatable bonds is 3. The standard InChI is InChI=1S/C12H8Cl6N4S2/c13-9-5-7(21-19)1-3-11(9)23(15,16)24(17,18)12-4-2-8(22-20)6-10(12)14/h3-6H,1-2H2. The number of nitrogens with zero attached hydrogens (tertiary/aromatic N) is 4. The van der Waals surface area contributed by atoms with Gasteiger partial charge in [-0.05, 0) is 42.7 Å². The van der Waals surface area contributed by atoms with Crippen LogP contribution in [0.1, 0.15) is 12.8 Å². The third-order valence-corrected chi connectivity index (χ3v) is 20.0. The maximum Gasteiger partial charge on any atom is 0.297 e. The fraction of sp³-hybridized carbons (Fsp3) is 0.167. The van der Waals surface area contributed by atoms with Crippen LogP contribution in [0.3, 0.4) is 0 Å². The molecule has 0 saturated carbocycles. The Kier molecular flexibility index (Phi) is 6.66. The Labute approximate surface area is 169 Å². The van der Waals surface area contributed by atoms with Crippen LogP contribution in [0.4, 0.5) is 0 Å². The molecule has 0 radical (unpaired) electrons. The van der Waals surface area contributed by atoms with Crippen molar-refractivity contribution in [3.05, 3.63) is 55.2 Å². The molecule has 0 spiro atoms. The van der Waals surface area contributed by atoms with Crippen LogP contribution in [0.15, 0.2) is 44.2 Å². The van der Waals surface area contributed by atoms with Crippen molar-refractivity contribution in [1.82, 2.24) is 0 Å². The average Bonchev–Trinajstić information content (AvgIpc) is 2.53. The highest BCUT2D eigenvalue weighted by molar-refractivity contribution is 9.35. The van der Waals surface area contributed by atoms with Gasteiger partial charge in [0.15, 0.2) is 0 Å². The van der Waals surface area contributed by atoms with Crippen molar-refractivity contribution in [2.45, 2.75) is 12.8 Å². The van der Waals surface area contributed by atoms with Gasteiger partial charge >= 0.3 is 0 Å². The molecule has 24 heavy (non-hydrogen) atoms. The number of hydrogen-bond acceptors (Lipinski definition) is 0. The van der Waals surface area contributed by atoms with Gasteiger partial charge in [-0.15, -0.1) is 0 Å². The van der Waals surface area contributed by atoms with E-state index in [2.05, 4.69) is 9.58 Å². The lowest BCUT2D eigenvalue weighted by Crippen LogP contribution is -2.08. The molecule has 0 fully saturated rings. The van der Waals surface area contributed by atoms with Crippen LogP contribution in [0.2, 0.25) is 0 Å². The second-order valence-corrected chi connectivity index (χ2v) is 19.6. The summed E-state index contributed by atoms with van der Waals surface area (Å²) < 4.78 is 0. The predicted octanol–water partition coefficient (Wildman–Crippen LogP) is 7.29. The lowest BCUT2D eigenvalue weighted by Gasteiger charge is -2.44. The Bertz CT molecular complexity index is 745. The van der Waals surface area contributed by atoms with Crippen LogP contribution >= 0.6 is 80.9 Å². The zero-order valence-electron chi connectivity index (χ0n) is 11.6. The minimum Gasteiger partial charge on any atom is -0.361 e. The normalized spacial score (nSPS) is 20.2. The largest absolute Gasteiger partial charge is 0.361 e. The van der Waals surface area contributed by atoms with E-state index in [9.17, 15) is 0 Å². The third kappa shape index (κ3) is 3.79. The van der Waals surface area contributed by atoms with Crippen molar-refractivity contribution in [3.8, 4) is 0 Å². The topological polar surface area (TPSA) is 72.8 Å². The van der Waals surface area contributed by atoms with Gasteiger partial charge in [0.05, 0.1) is 22.9 Å². The number of hydrogen-bond donors (Lipinski definition) is 0. The number of halogens is 6. The zero-order chi connectivity index (χ0) is 18.1. The molecule has 0 heterocycles. The lowest BCUT2D eigenvalue weighted by molar-refractivity contribution is -0.00589. The van der Waals surface area contributed by atoms with E-state index in [1.807, 2.05) is 0 Å². The summed E-state index contributed by atoms with van der Waals surface area (Å²) in [6.07, 6.45) is 6.69. The molecule has 4 nitrogen and oxygen atoms in total. The molecule has 0 aromatic rings. The van der Waals surface area contributed by atoms with Gasteiger partial charge in [-0.2, -0.15) is 9.58 Å². The minimum atomic E-state index is -2.81. The van der Waals surface area contributed by atoms with E-state index in [1.165, 1.54) is 12.2 Å². The van der Waals surface area contributed by atoms with Gasteiger partial charge in [0.2, 0.25) is 0 Å². The molecule has 0 amide bonds. The Hall–Kier alpha value is 0.160. The van der Waals surface area contributed by atoms with E-state index in [-0.39, 0.29) is 22.9 Å². The van der Waals surface area contributed by atoms with E-state index in [0.717, 1.165) is 0 Å². The molecule has 0 aromatic carbocycles. The second kappa shape index (κ2) is 7.81. The summed E-state index contributed by atoms with van der Waals surface area (Å²) in [6.45, 7) is 0. The molecule has 12 heteroatoms. The lowest BCUT2D eigenvalue weighted by atomic mass is 10.1. The Morgan fingerprint density at radius 1 is 0.750 bits per heavy atom. The van der Waals surface area contributed by atoms with E-state index in [0.29, 0.717) is 21.2 Å². The molecule has 2 aliphatic carbocycles. The molecular formula is C12H8Cl6N4S2. The van der Waals surface area contributed by atoms with Gasteiger partial charge in [-0.3, -0.25) is 0 Å². The second-order valence-electron chi connectivity index (χ2n) is 4.56. The first-order valence-corrected chi connectivity index (χ1v) is 14.0. The van der Waals surface area contributed by atoms with Gasteiger partial charge in [-0.1, -0.05) is 35.4 Å². The summed E-state index contributed by atoms with van der Waals surface area (Å²) in [4.78, 5) is 6.95. The Morgan fingerprint density at radius 2 is 1.08 bits per heavy atom. The van der Waals surface area contributed by atoms with Crippen molar-refractivity contribution in [2.75, 3.05) is 0 Å². The first-order valence-electron chi connectivity index (χ1n) is 6.17. The van der Waals surface area contributed by atoms with E-state index < -0.39 is 15.0 Å². The summed E-state index contributed by atoms with van der Waals surface area (Å²) in [6, 6.07) is 0. The summed E-state index contributed by atoms with van der Waals surface area (Å²) >= 11 is 12.4. The molecule has 0 aromatic heterocycles. The summed E-state index contributed by atoms with van der Waals surface area (Å²) in [7, 11) is 20.7. The molecule has 0 saturated heterocycles.